The van der Waals surface area contributed by atoms with Crippen molar-refractivity contribution >= 4 is 23.5 Å². The lowest BCUT2D eigenvalue weighted by Gasteiger charge is -2.10. The van der Waals surface area contributed by atoms with Crippen LogP contribution in [0.2, 0.25) is 5.02 Å². The van der Waals surface area contributed by atoms with Crippen LogP contribution < -0.4 is 10.2 Å². The van der Waals surface area contributed by atoms with Crippen LogP contribution in [0.4, 0.5) is 5.95 Å². The Morgan fingerprint density at radius 3 is 2.50 bits per heavy atom. The predicted octanol–water partition coefficient (Wildman–Crippen LogP) is 2.13. The molecule has 2 aromatic rings. The summed E-state index contributed by atoms with van der Waals surface area (Å²) in [6.07, 6.45) is 3.01. The molecule has 2 rings (SSSR count). The average molecular weight is 291 g/mol. The largest absolute Gasteiger partial charge is 0.348 e. The maximum absolute atomic E-state index is 12.0. The quantitative estimate of drug-likeness (QED) is 0.937. The maximum atomic E-state index is 12.0. The van der Waals surface area contributed by atoms with Gasteiger partial charge in [-0.15, -0.1) is 0 Å². The SMILES string of the molecule is CN(C)c1ncc(C(=O)NCc2ccccc2Cl)cn1. The molecule has 1 amide bonds. The van der Waals surface area contributed by atoms with Crippen LogP contribution in [0.1, 0.15) is 15.9 Å². The molecule has 0 aliphatic heterocycles. The van der Waals surface area contributed by atoms with Crippen molar-refractivity contribution in [2.24, 2.45) is 0 Å². The van der Waals surface area contributed by atoms with Crippen molar-refractivity contribution in [3.05, 3.63) is 52.8 Å². The highest BCUT2D eigenvalue weighted by molar-refractivity contribution is 6.31. The van der Waals surface area contributed by atoms with E-state index in [-0.39, 0.29) is 5.91 Å². The molecule has 20 heavy (non-hydrogen) atoms. The fraction of sp³-hybridized carbons (Fsp3) is 0.214. The van der Waals surface area contributed by atoms with Crippen LogP contribution in [0, 0.1) is 0 Å². The van der Waals surface area contributed by atoms with Gasteiger partial charge in [-0.05, 0) is 11.6 Å². The van der Waals surface area contributed by atoms with Gasteiger partial charge in [0.15, 0.2) is 0 Å². The molecule has 0 fully saturated rings. The molecule has 1 aromatic heterocycles. The number of nitrogens with zero attached hydrogens (tertiary/aromatic N) is 3. The molecule has 1 aromatic carbocycles. The summed E-state index contributed by atoms with van der Waals surface area (Å²) in [4.78, 5) is 21.9. The third-order valence-electron chi connectivity index (χ3n) is 2.70. The van der Waals surface area contributed by atoms with Crippen molar-refractivity contribution < 1.29 is 4.79 Å². The molecule has 0 radical (unpaired) electrons. The van der Waals surface area contributed by atoms with Crippen LogP contribution in [0.5, 0.6) is 0 Å². The maximum Gasteiger partial charge on any atom is 0.254 e. The summed E-state index contributed by atoms with van der Waals surface area (Å²) in [5, 5.41) is 3.42. The lowest BCUT2D eigenvalue weighted by Crippen LogP contribution is -2.23. The summed E-state index contributed by atoms with van der Waals surface area (Å²) in [5.74, 6) is 0.336. The summed E-state index contributed by atoms with van der Waals surface area (Å²) in [6, 6.07) is 7.39. The zero-order chi connectivity index (χ0) is 14.5. The van der Waals surface area contributed by atoms with Gasteiger partial charge >= 0.3 is 0 Å². The van der Waals surface area contributed by atoms with Gasteiger partial charge in [0, 0.05) is 38.1 Å². The first-order valence-corrected chi connectivity index (χ1v) is 6.46. The summed E-state index contributed by atoms with van der Waals surface area (Å²) in [5.41, 5.74) is 1.29. The van der Waals surface area contributed by atoms with Gasteiger partial charge in [-0.25, -0.2) is 9.97 Å². The number of amides is 1. The summed E-state index contributed by atoms with van der Waals surface area (Å²) in [6.45, 7) is 0.369. The molecule has 0 saturated heterocycles. The number of carbonyl (C=O) groups is 1. The fourth-order valence-electron chi connectivity index (χ4n) is 1.59. The molecule has 1 heterocycles. The second kappa shape index (κ2) is 6.34. The van der Waals surface area contributed by atoms with Gasteiger partial charge in [0.25, 0.3) is 5.91 Å². The fourth-order valence-corrected chi connectivity index (χ4v) is 1.79. The van der Waals surface area contributed by atoms with E-state index < -0.39 is 0 Å². The predicted molar refractivity (Wildman–Crippen MR) is 79.0 cm³/mol. The minimum Gasteiger partial charge on any atom is -0.348 e. The summed E-state index contributed by atoms with van der Waals surface area (Å²) < 4.78 is 0. The molecular formula is C14H15ClN4O. The molecule has 6 heteroatoms. The minimum atomic E-state index is -0.227. The lowest BCUT2D eigenvalue weighted by molar-refractivity contribution is 0.0950. The zero-order valence-corrected chi connectivity index (χ0v) is 12.1. The highest BCUT2D eigenvalue weighted by Gasteiger charge is 2.08. The van der Waals surface area contributed by atoms with Gasteiger partial charge in [-0.2, -0.15) is 0 Å². The second-order valence-corrected chi connectivity index (χ2v) is 4.85. The molecule has 0 saturated carbocycles. The Labute approximate surface area is 122 Å². The first kappa shape index (κ1) is 14.3. The first-order chi connectivity index (χ1) is 9.58. The number of aromatic nitrogens is 2. The number of anilines is 1. The van der Waals surface area contributed by atoms with E-state index in [0.29, 0.717) is 23.1 Å². The Morgan fingerprint density at radius 2 is 1.90 bits per heavy atom. The van der Waals surface area contributed by atoms with E-state index in [2.05, 4.69) is 15.3 Å². The van der Waals surface area contributed by atoms with E-state index in [9.17, 15) is 4.79 Å². The summed E-state index contributed by atoms with van der Waals surface area (Å²) in [7, 11) is 3.68. The Balaban J connectivity index is 2.00. The molecule has 0 atom stereocenters. The molecule has 0 aliphatic carbocycles. The standard InChI is InChI=1S/C14H15ClN4O/c1-19(2)14-17-8-11(9-18-14)13(20)16-7-10-5-3-4-6-12(10)15/h3-6,8-9H,7H2,1-2H3,(H,16,20). The van der Waals surface area contributed by atoms with Crippen molar-refractivity contribution in [3.63, 3.8) is 0 Å². The van der Waals surface area contributed by atoms with Crippen LogP contribution in [0.25, 0.3) is 0 Å². The highest BCUT2D eigenvalue weighted by Crippen LogP contribution is 2.14. The number of hydrogen-bond donors (Lipinski definition) is 1. The molecule has 0 aliphatic rings. The van der Waals surface area contributed by atoms with Gasteiger partial charge in [0.1, 0.15) is 0 Å². The number of halogens is 1. The minimum absolute atomic E-state index is 0.227. The van der Waals surface area contributed by atoms with Crippen LogP contribution in [-0.4, -0.2) is 30.0 Å². The monoisotopic (exact) mass is 290 g/mol. The van der Waals surface area contributed by atoms with E-state index in [0.717, 1.165) is 5.56 Å². The van der Waals surface area contributed by atoms with Crippen LogP contribution in [0.3, 0.4) is 0 Å². The van der Waals surface area contributed by atoms with E-state index in [1.165, 1.54) is 12.4 Å². The molecule has 1 N–H and O–H groups in total. The zero-order valence-electron chi connectivity index (χ0n) is 11.3. The van der Waals surface area contributed by atoms with E-state index in [1.54, 1.807) is 11.0 Å². The summed E-state index contributed by atoms with van der Waals surface area (Å²) >= 11 is 6.03. The molecule has 104 valence electrons. The highest BCUT2D eigenvalue weighted by atomic mass is 35.5. The van der Waals surface area contributed by atoms with Crippen molar-refractivity contribution in [1.29, 1.82) is 0 Å². The number of hydrogen-bond acceptors (Lipinski definition) is 4. The number of carbonyl (C=O) groups excluding carboxylic acids is 1. The lowest BCUT2D eigenvalue weighted by atomic mass is 10.2. The van der Waals surface area contributed by atoms with Crippen molar-refractivity contribution in [1.82, 2.24) is 15.3 Å². The topological polar surface area (TPSA) is 58.1 Å². The second-order valence-electron chi connectivity index (χ2n) is 4.44. The average Bonchev–Trinajstić information content (AvgIpc) is 2.46. The van der Waals surface area contributed by atoms with Crippen molar-refractivity contribution in [2.45, 2.75) is 6.54 Å². The third-order valence-corrected chi connectivity index (χ3v) is 3.07. The molecular weight excluding hydrogens is 276 g/mol. The normalized spacial score (nSPS) is 10.2. The number of nitrogens with one attached hydrogen (secondary N) is 1. The van der Waals surface area contributed by atoms with Crippen LogP contribution in [0.15, 0.2) is 36.7 Å². The van der Waals surface area contributed by atoms with E-state index in [1.807, 2.05) is 32.3 Å². The number of rotatable bonds is 4. The molecule has 0 bridgehead atoms. The molecule has 0 spiro atoms. The van der Waals surface area contributed by atoms with Gasteiger partial charge < -0.3 is 10.2 Å². The van der Waals surface area contributed by atoms with Crippen LogP contribution in [-0.2, 0) is 6.54 Å². The molecule has 5 nitrogen and oxygen atoms in total. The Hall–Kier alpha value is -2.14. The van der Waals surface area contributed by atoms with Crippen molar-refractivity contribution in [2.75, 3.05) is 19.0 Å². The first-order valence-electron chi connectivity index (χ1n) is 6.09. The number of benzene rings is 1. The Kier molecular flexibility index (Phi) is 4.53. The van der Waals surface area contributed by atoms with E-state index in [4.69, 9.17) is 11.6 Å². The van der Waals surface area contributed by atoms with Gasteiger partial charge in [-0.3, -0.25) is 4.79 Å². The Morgan fingerprint density at radius 1 is 1.25 bits per heavy atom. The smallest absolute Gasteiger partial charge is 0.254 e. The van der Waals surface area contributed by atoms with Crippen LogP contribution >= 0.6 is 11.6 Å². The van der Waals surface area contributed by atoms with Crippen molar-refractivity contribution in [3.8, 4) is 0 Å². The van der Waals surface area contributed by atoms with Gasteiger partial charge in [0.2, 0.25) is 5.95 Å². The van der Waals surface area contributed by atoms with E-state index >= 15 is 0 Å². The molecule has 0 unspecified atom stereocenters. The Bertz CT molecular complexity index is 598. The third kappa shape index (κ3) is 3.45. The van der Waals surface area contributed by atoms with Gasteiger partial charge in [-0.1, -0.05) is 29.8 Å². The van der Waals surface area contributed by atoms with Gasteiger partial charge in [0.05, 0.1) is 5.56 Å².